The summed E-state index contributed by atoms with van der Waals surface area (Å²) >= 11 is 0. The number of ether oxygens (including phenoxy) is 1. The van der Waals surface area contributed by atoms with Crippen LogP contribution in [0.15, 0.2) is 4.99 Å². The number of carbonyl (C=O) groups is 1. The molecule has 1 aromatic heterocycles. The van der Waals surface area contributed by atoms with E-state index < -0.39 is 11.7 Å². The Balaban J connectivity index is 0.00000841. The highest BCUT2D eigenvalue weighted by Crippen LogP contribution is 2.07. The maximum Gasteiger partial charge on any atom is 0.407 e. The minimum atomic E-state index is -0.517. The molecular weight excluding hydrogens is 497 g/mol. The molecule has 0 saturated heterocycles. The fourth-order valence-corrected chi connectivity index (χ4v) is 2.56. The second kappa shape index (κ2) is 14.4. The minimum Gasteiger partial charge on any atom is -0.444 e. The lowest BCUT2D eigenvalue weighted by Crippen LogP contribution is -2.48. The molecule has 1 unspecified atom stereocenters. The Labute approximate surface area is 198 Å². The van der Waals surface area contributed by atoms with E-state index in [-0.39, 0.29) is 30.0 Å². The zero-order valence-electron chi connectivity index (χ0n) is 19.5. The lowest BCUT2D eigenvalue weighted by atomic mass is 10.1. The van der Waals surface area contributed by atoms with Crippen LogP contribution in [0.1, 0.15) is 72.0 Å². The third-order valence-corrected chi connectivity index (χ3v) is 4.26. The lowest BCUT2D eigenvalue weighted by Gasteiger charge is -2.24. The van der Waals surface area contributed by atoms with Gasteiger partial charge in [-0.25, -0.2) is 9.79 Å². The number of aryl methyl sites for hydroxylation is 1. The number of hydrogen-bond acceptors (Lipinski definition) is 5. The van der Waals surface area contributed by atoms with Gasteiger partial charge in [0.25, 0.3) is 0 Å². The predicted octanol–water partition coefficient (Wildman–Crippen LogP) is 3.27. The summed E-state index contributed by atoms with van der Waals surface area (Å²) in [4.78, 5) is 16.8. The van der Waals surface area contributed by atoms with Gasteiger partial charge in [0.05, 0.1) is 0 Å². The first kappa shape index (κ1) is 28.4. The SMILES string of the molecule is CCCCNC(=NCc1nnc(C)n1C)NCC(CCC)NC(=O)OC(C)(C)C.I. The molecule has 0 fully saturated rings. The van der Waals surface area contributed by atoms with Gasteiger partial charge in [-0.05, 0) is 40.5 Å². The molecule has 0 spiro atoms. The largest absolute Gasteiger partial charge is 0.444 e. The molecule has 0 aliphatic rings. The molecule has 0 aliphatic heterocycles. The number of rotatable bonds is 10. The number of hydrogen-bond donors (Lipinski definition) is 3. The molecule has 0 radical (unpaired) electrons. The highest BCUT2D eigenvalue weighted by atomic mass is 127. The third kappa shape index (κ3) is 11.6. The van der Waals surface area contributed by atoms with Gasteiger partial charge < -0.3 is 25.3 Å². The smallest absolute Gasteiger partial charge is 0.407 e. The van der Waals surface area contributed by atoms with E-state index in [1.807, 2.05) is 39.3 Å². The van der Waals surface area contributed by atoms with Crippen molar-refractivity contribution in [3.63, 3.8) is 0 Å². The summed E-state index contributed by atoms with van der Waals surface area (Å²) in [6, 6.07) is -0.0508. The molecule has 3 N–H and O–H groups in total. The number of halogens is 1. The van der Waals surface area contributed by atoms with E-state index in [4.69, 9.17) is 4.74 Å². The van der Waals surface area contributed by atoms with E-state index in [9.17, 15) is 4.79 Å². The van der Waals surface area contributed by atoms with Crippen LogP contribution in [0.3, 0.4) is 0 Å². The number of unbranched alkanes of at least 4 members (excludes halogenated alkanes) is 1. The van der Waals surface area contributed by atoms with Crippen molar-refractivity contribution in [1.29, 1.82) is 0 Å². The molecule has 10 heteroatoms. The molecule has 1 rings (SSSR count). The van der Waals surface area contributed by atoms with E-state index in [1.165, 1.54) is 0 Å². The summed E-state index contributed by atoms with van der Waals surface area (Å²) in [5.74, 6) is 2.36. The summed E-state index contributed by atoms with van der Waals surface area (Å²) in [6.45, 7) is 13.5. The molecular formula is C20H40IN7O2. The second-order valence-electron chi connectivity index (χ2n) is 8.18. The van der Waals surface area contributed by atoms with Crippen molar-refractivity contribution < 1.29 is 9.53 Å². The third-order valence-electron chi connectivity index (χ3n) is 4.26. The van der Waals surface area contributed by atoms with Gasteiger partial charge in [-0.1, -0.05) is 26.7 Å². The van der Waals surface area contributed by atoms with Crippen molar-refractivity contribution in [1.82, 2.24) is 30.7 Å². The molecule has 0 bridgehead atoms. The summed E-state index contributed by atoms with van der Waals surface area (Å²) in [6.07, 6.45) is 3.55. The van der Waals surface area contributed by atoms with E-state index in [1.54, 1.807) is 0 Å². The average Bonchev–Trinajstić information content (AvgIpc) is 2.94. The number of carbonyl (C=O) groups excluding carboxylic acids is 1. The van der Waals surface area contributed by atoms with Crippen molar-refractivity contribution in [2.24, 2.45) is 12.0 Å². The average molecular weight is 537 g/mol. The van der Waals surface area contributed by atoms with Gasteiger partial charge in [-0.3, -0.25) is 0 Å². The Kier molecular flexibility index (Phi) is 13.7. The number of guanidine groups is 1. The number of alkyl carbamates (subject to hydrolysis) is 1. The maximum atomic E-state index is 12.1. The molecule has 0 aliphatic carbocycles. The van der Waals surface area contributed by atoms with E-state index in [0.29, 0.717) is 19.0 Å². The quantitative estimate of drug-likeness (QED) is 0.183. The van der Waals surface area contributed by atoms with Crippen LogP contribution < -0.4 is 16.0 Å². The highest BCUT2D eigenvalue weighted by Gasteiger charge is 2.19. The Hall–Kier alpha value is -1.59. The van der Waals surface area contributed by atoms with Crippen LogP contribution in [-0.4, -0.2) is 51.5 Å². The number of aromatic nitrogens is 3. The predicted molar refractivity (Wildman–Crippen MR) is 131 cm³/mol. The summed E-state index contributed by atoms with van der Waals surface area (Å²) < 4.78 is 7.31. The van der Waals surface area contributed by atoms with Crippen LogP contribution in [0.4, 0.5) is 4.79 Å². The van der Waals surface area contributed by atoms with Crippen LogP contribution in [-0.2, 0) is 18.3 Å². The fourth-order valence-electron chi connectivity index (χ4n) is 2.56. The van der Waals surface area contributed by atoms with Crippen molar-refractivity contribution >= 4 is 36.0 Å². The van der Waals surface area contributed by atoms with E-state index in [2.05, 4.69) is 45.0 Å². The van der Waals surface area contributed by atoms with Crippen LogP contribution in [0, 0.1) is 6.92 Å². The molecule has 1 heterocycles. The van der Waals surface area contributed by atoms with Gasteiger partial charge in [0.1, 0.15) is 18.0 Å². The van der Waals surface area contributed by atoms with Gasteiger partial charge in [0.2, 0.25) is 0 Å². The van der Waals surface area contributed by atoms with Crippen LogP contribution in [0.5, 0.6) is 0 Å². The number of nitrogens with one attached hydrogen (secondary N) is 3. The van der Waals surface area contributed by atoms with Crippen LogP contribution >= 0.6 is 24.0 Å². The van der Waals surface area contributed by atoms with Crippen molar-refractivity contribution in [2.75, 3.05) is 13.1 Å². The first-order chi connectivity index (χ1) is 13.7. The fraction of sp³-hybridized carbons (Fsp3) is 0.800. The van der Waals surface area contributed by atoms with Gasteiger partial charge >= 0.3 is 6.09 Å². The first-order valence-electron chi connectivity index (χ1n) is 10.5. The maximum absolute atomic E-state index is 12.1. The molecule has 174 valence electrons. The Morgan fingerprint density at radius 1 is 1.20 bits per heavy atom. The Bertz CT molecular complexity index is 656. The minimum absolute atomic E-state index is 0. The normalized spacial score (nSPS) is 12.7. The number of amides is 1. The van der Waals surface area contributed by atoms with Gasteiger partial charge in [-0.15, -0.1) is 34.2 Å². The molecule has 0 saturated carbocycles. The van der Waals surface area contributed by atoms with Crippen molar-refractivity contribution in [3.8, 4) is 0 Å². The Morgan fingerprint density at radius 3 is 2.43 bits per heavy atom. The number of aliphatic imine (C=N–C) groups is 1. The first-order valence-corrected chi connectivity index (χ1v) is 10.5. The standard InChI is InChI=1S/C20H39N7O2.HI/c1-8-10-12-21-18(23-14-17-26-25-15(3)27(17)7)22-13-16(11-9-2)24-19(28)29-20(4,5)6;/h16H,8-14H2,1-7H3,(H,24,28)(H2,21,22,23);1H. The van der Waals surface area contributed by atoms with Crippen LogP contribution in [0.25, 0.3) is 0 Å². The molecule has 0 aromatic carbocycles. The van der Waals surface area contributed by atoms with Crippen LogP contribution in [0.2, 0.25) is 0 Å². The van der Waals surface area contributed by atoms with Crippen molar-refractivity contribution in [2.45, 2.75) is 85.4 Å². The summed E-state index contributed by atoms with van der Waals surface area (Å²) in [7, 11) is 1.93. The zero-order chi connectivity index (χ0) is 21.9. The van der Waals surface area contributed by atoms with E-state index >= 15 is 0 Å². The molecule has 1 atom stereocenters. The topological polar surface area (TPSA) is 105 Å². The monoisotopic (exact) mass is 537 g/mol. The van der Waals surface area contributed by atoms with E-state index in [0.717, 1.165) is 43.9 Å². The Morgan fingerprint density at radius 2 is 1.90 bits per heavy atom. The zero-order valence-corrected chi connectivity index (χ0v) is 21.9. The summed E-state index contributed by atoms with van der Waals surface area (Å²) in [5.41, 5.74) is -0.517. The molecule has 30 heavy (non-hydrogen) atoms. The van der Waals surface area contributed by atoms with Gasteiger partial charge in [0, 0.05) is 26.2 Å². The highest BCUT2D eigenvalue weighted by molar-refractivity contribution is 14.0. The number of nitrogens with zero attached hydrogens (tertiary/aromatic N) is 4. The van der Waals surface area contributed by atoms with Gasteiger partial charge in [-0.2, -0.15) is 0 Å². The summed E-state index contributed by atoms with van der Waals surface area (Å²) in [5, 5.41) is 17.9. The molecule has 9 nitrogen and oxygen atoms in total. The second-order valence-corrected chi connectivity index (χ2v) is 8.18. The molecule has 1 amide bonds. The van der Waals surface area contributed by atoms with Crippen molar-refractivity contribution in [3.05, 3.63) is 11.6 Å². The van der Waals surface area contributed by atoms with Gasteiger partial charge in [0.15, 0.2) is 11.8 Å². The molecule has 1 aromatic rings. The lowest BCUT2D eigenvalue weighted by molar-refractivity contribution is 0.0502.